The zero-order valence-corrected chi connectivity index (χ0v) is 23.7. The number of nitrogens with zero attached hydrogens (tertiary/aromatic N) is 3. The number of hydrogen-bond acceptors (Lipinski definition) is 7. The van der Waals surface area contributed by atoms with Crippen molar-refractivity contribution in [1.82, 2.24) is 25.3 Å². The Kier molecular flexibility index (Phi) is 9.14. The fourth-order valence-corrected chi connectivity index (χ4v) is 4.85. The number of benzene rings is 1. The molecule has 1 saturated heterocycles. The molecule has 0 aliphatic carbocycles. The van der Waals surface area contributed by atoms with Crippen molar-refractivity contribution in [3.63, 3.8) is 0 Å². The van der Waals surface area contributed by atoms with Gasteiger partial charge in [0.05, 0.1) is 32.4 Å². The fraction of sp³-hybridized carbons (Fsp3) is 0.593. The molecule has 2 N–H and O–H groups in total. The number of esters is 1. The van der Waals surface area contributed by atoms with Gasteiger partial charge in [0.1, 0.15) is 0 Å². The normalized spacial score (nSPS) is 20.7. The van der Waals surface area contributed by atoms with Gasteiger partial charge < -0.3 is 29.7 Å². The second-order valence-corrected chi connectivity index (χ2v) is 10.6. The van der Waals surface area contributed by atoms with E-state index < -0.39 is 12.0 Å². The molecule has 0 unspecified atom stereocenters. The number of nitrogens with one attached hydrogen (secondary N) is 2. The highest BCUT2D eigenvalue weighted by atomic mass is 16.5. The molecule has 38 heavy (non-hydrogen) atoms. The molecule has 4 amide bonds. The zero-order chi connectivity index (χ0) is 28.2. The molecule has 210 valence electrons. The number of urea groups is 2. The lowest BCUT2D eigenvalue weighted by atomic mass is 9.93. The van der Waals surface area contributed by atoms with Crippen molar-refractivity contribution in [3.05, 3.63) is 35.0 Å². The van der Waals surface area contributed by atoms with E-state index in [2.05, 4.69) is 15.5 Å². The van der Waals surface area contributed by atoms with Gasteiger partial charge in [0, 0.05) is 56.1 Å². The average molecular weight is 532 g/mol. The van der Waals surface area contributed by atoms with Crippen LogP contribution in [0.25, 0.3) is 0 Å². The zero-order valence-electron chi connectivity index (χ0n) is 23.7. The first kappa shape index (κ1) is 29.1. The molecular formula is C27H41N5O6. The van der Waals surface area contributed by atoms with Crippen molar-refractivity contribution < 1.29 is 28.6 Å². The van der Waals surface area contributed by atoms with Gasteiger partial charge in [-0.05, 0) is 40.7 Å². The molecule has 0 aromatic heterocycles. The number of carbonyl (C=O) groups is 3. The van der Waals surface area contributed by atoms with Gasteiger partial charge in [-0.25, -0.2) is 14.4 Å². The van der Waals surface area contributed by atoms with Crippen molar-refractivity contribution in [2.75, 3.05) is 54.1 Å². The van der Waals surface area contributed by atoms with Gasteiger partial charge in [-0.2, -0.15) is 0 Å². The van der Waals surface area contributed by atoms with Crippen LogP contribution in [0.3, 0.4) is 0 Å². The summed E-state index contributed by atoms with van der Waals surface area (Å²) in [6.07, 6.45) is 0. The van der Waals surface area contributed by atoms with Crippen molar-refractivity contribution in [3.8, 4) is 11.5 Å². The van der Waals surface area contributed by atoms with E-state index in [0.717, 1.165) is 0 Å². The average Bonchev–Trinajstić information content (AvgIpc) is 2.85. The van der Waals surface area contributed by atoms with E-state index in [1.54, 1.807) is 32.2 Å². The van der Waals surface area contributed by atoms with E-state index in [9.17, 15) is 14.4 Å². The lowest BCUT2D eigenvalue weighted by molar-refractivity contribution is -0.139. The summed E-state index contributed by atoms with van der Waals surface area (Å²) in [5, 5.41) is 5.95. The van der Waals surface area contributed by atoms with E-state index in [4.69, 9.17) is 14.2 Å². The first-order valence-electron chi connectivity index (χ1n) is 12.9. The molecule has 0 spiro atoms. The van der Waals surface area contributed by atoms with Crippen LogP contribution < -0.4 is 20.1 Å². The number of para-hydroxylation sites is 1. The van der Waals surface area contributed by atoms with Crippen molar-refractivity contribution >= 4 is 18.0 Å². The summed E-state index contributed by atoms with van der Waals surface area (Å²) in [5.41, 5.74) is 1.13. The van der Waals surface area contributed by atoms with Crippen LogP contribution >= 0.6 is 0 Å². The van der Waals surface area contributed by atoms with Crippen molar-refractivity contribution in [1.29, 1.82) is 0 Å². The highest BCUT2D eigenvalue weighted by molar-refractivity contribution is 5.95. The van der Waals surface area contributed by atoms with Crippen LogP contribution in [0.15, 0.2) is 29.5 Å². The van der Waals surface area contributed by atoms with Gasteiger partial charge in [-0.15, -0.1) is 0 Å². The van der Waals surface area contributed by atoms with Gasteiger partial charge >= 0.3 is 18.0 Å². The highest BCUT2D eigenvalue weighted by Gasteiger charge is 2.40. The fourth-order valence-electron chi connectivity index (χ4n) is 4.85. The first-order valence-corrected chi connectivity index (χ1v) is 12.9. The predicted molar refractivity (Wildman–Crippen MR) is 143 cm³/mol. The van der Waals surface area contributed by atoms with Crippen LogP contribution in [0, 0.1) is 0 Å². The summed E-state index contributed by atoms with van der Waals surface area (Å²) < 4.78 is 16.5. The van der Waals surface area contributed by atoms with Gasteiger partial charge in [0.15, 0.2) is 11.5 Å². The molecule has 2 heterocycles. The summed E-state index contributed by atoms with van der Waals surface area (Å²) in [4.78, 5) is 44.7. The van der Waals surface area contributed by atoms with Crippen LogP contribution in [0.5, 0.6) is 11.5 Å². The van der Waals surface area contributed by atoms with E-state index in [0.29, 0.717) is 54.5 Å². The molecule has 2 aliphatic heterocycles. The monoisotopic (exact) mass is 531 g/mol. The van der Waals surface area contributed by atoms with Crippen LogP contribution in [-0.2, 0) is 9.53 Å². The molecule has 1 fully saturated rings. The van der Waals surface area contributed by atoms with E-state index in [1.165, 1.54) is 19.1 Å². The highest BCUT2D eigenvalue weighted by Crippen LogP contribution is 2.40. The number of amides is 4. The third kappa shape index (κ3) is 6.32. The van der Waals surface area contributed by atoms with Crippen LogP contribution in [-0.4, -0.2) is 98.4 Å². The molecular weight excluding hydrogens is 490 g/mol. The second-order valence-electron chi connectivity index (χ2n) is 10.6. The minimum absolute atomic E-state index is 0.0604. The number of rotatable bonds is 7. The topological polar surface area (TPSA) is 113 Å². The maximum Gasteiger partial charge on any atom is 0.338 e. The first-order chi connectivity index (χ1) is 17.9. The molecule has 2 atom stereocenters. The molecule has 0 radical (unpaired) electrons. The third-order valence-corrected chi connectivity index (χ3v) is 6.64. The second kappa shape index (κ2) is 11.9. The summed E-state index contributed by atoms with van der Waals surface area (Å²) in [7, 11) is 4.69. The molecule has 1 aromatic carbocycles. The number of carbonyl (C=O) groups excluding carboxylic acids is 3. The Morgan fingerprint density at radius 3 is 2.45 bits per heavy atom. The predicted octanol–water partition coefficient (Wildman–Crippen LogP) is 2.73. The van der Waals surface area contributed by atoms with Gasteiger partial charge in [-0.1, -0.05) is 12.1 Å². The number of methoxy groups -OCH3 is 2. The standard InChI is InChI=1S/C27H41N5O6/c1-9-38-24(33)21-19(16-31-13-14-32(17(2)15-31)26(35)29-27(3,4)5)30(6)25(34)28-22(21)18-11-10-12-20(36-7)23(18)37-8/h10-12,17,22H,9,13-16H2,1-8H3,(H,28,34)(H,29,35)/t17-,22-/m0/s1. The number of likely N-dealkylation sites (N-methyl/N-ethyl adjacent to an activating group) is 1. The summed E-state index contributed by atoms with van der Waals surface area (Å²) >= 11 is 0. The molecule has 0 saturated carbocycles. The van der Waals surface area contributed by atoms with Crippen LogP contribution in [0.1, 0.15) is 46.2 Å². The van der Waals surface area contributed by atoms with Crippen molar-refractivity contribution in [2.24, 2.45) is 0 Å². The Morgan fingerprint density at radius 1 is 1.16 bits per heavy atom. The number of hydrogen-bond donors (Lipinski definition) is 2. The maximum absolute atomic E-state index is 13.4. The number of ether oxygens (including phenoxy) is 3. The Hall–Kier alpha value is -3.47. The van der Waals surface area contributed by atoms with E-state index in [-0.39, 0.29) is 30.2 Å². The summed E-state index contributed by atoms with van der Waals surface area (Å²) in [6, 6.07) is 4.03. The molecule has 11 nitrogen and oxygen atoms in total. The van der Waals surface area contributed by atoms with Gasteiger partial charge in [-0.3, -0.25) is 9.80 Å². The van der Waals surface area contributed by atoms with E-state index in [1.807, 2.05) is 32.6 Å². The lowest BCUT2D eigenvalue weighted by Crippen LogP contribution is -2.59. The maximum atomic E-state index is 13.4. The van der Waals surface area contributed by atoms with Gasteiger partial charge in [0.25, 0.3) is 0 Å². The molecule has 11 heteroatoms. The Bertz CT molecular complexity index is 1080. The SMILES string of the molecule is CCOC(=O)C1=C(CN2CCN(C(=O)NC(C)(C)C)[C@@H](C)C2)N(C)C(=O)N[C@H]1c1cccc(OC)c1OC. The summed E-state index contributed by atoms with van der Waals surface area (Å²) in [6.45, 7) is 11.8. The lowest BCUT2D eigenvalue weighted by Gasteiger charge is -2.43. The quantitative estimate of drug-likeness (QED) is 0.520. The Balaban J connectivity index is 1.97. The molecule has 3 rings (SSSR count). The van der Waals surface area contributed by atoms with Crippen LogP contribution in [0.2, 0.25) is 0 Å². The molecule has 0 bridgehead atoms. The number of piperazine rings is 1. The minimum atomic E-state index is -0.797. The minimum Gasteiger partial charge on any atom is -0.493 e. The van der Waals surface area contributed by atoms with Gasteiger partial charge in [0.2, 0.25) is 0 Å². The third-order valence-electron chi connectivity index (χ3n) is 6.64. The van der Waals surface area contributed by atoms with Crippen LogP contribution in [0.4, 0.5) is 9.59 Å². The largest absolute Gasteiger partial charge is 0.493 e. The molecule has 1 aromatic rings. The molecule has 2 aliphatic rings. The Morgan fingerprint density at radius 2 is 1.87 bits per heavy atom. The summed E-state index contributed by atoms with van der Waals surface area (Å²) in [5.74, 6) is 0.403. The van der Waals surface area contributed by atoms with E-state index >= 15 is 0 Å². The Labute approximate surface area is 225 Å². The van der Waals surface area contributed by atoms with Crippen molar-refractivity contribution in [2.45, 2.75) is 52.2 Å². The smallest absolute Gasteiger partial charge is 0.338 e.